The number of carbonyl (C=O) groups excluding carboxylic acids is 3. The van der Waals surface area contributed by atoms with Crippen molar-refractivity contribution in [2.24, 2.45) is 0 Å². The van der Waals surface area contributed by atoms with Crippen LogP contribution in [0.25, 0.3) is 0 Å². The Labute approximate surface area is 178 Å². The van der Waals surface area contributed by atoms with Gasteiger partial charge in [-0.05, 0) is 36.1 Å². The van der Waals surface area contributed by atoms with Gasteiger partial charge in [0, 0.05) is 29.4 Å². The highest BCUT2D eigenvalue weighted by Gasteiger charge is 2.28. The van der Waals surface area contributed by atoms with Crippen molar-refractivity contribution in [3.8, 4) is 0 Å². The molecule has 0 saturated carbocycles. The summed E-state index contributed by atoms with van der Waals surface area (Å²) in [6.45, 7) is 2.45. The number of anilines is 1. The molecule has 1 aliphatic heterocycles. The lowest BCUT2D eigenvalue weighted by molar-refractivity contribution is -0.125. The highest BCUT2D eigenvalue weighted by Crippen LogP contribution is 2.16. The van der Waals surface area contributed by atoms with Gasteiger partial charge in [-0.1, -0.05) is 18.2 Å². The van der Waals surface area contributed by atoms with E-state index in [-0.39, 0.29) is 42.4 Å². The first-order valence-corrected chi connectivity index (χ1v) is 11.2. The van der Waals surface area contributed by atoms with Gasteiger partial charge in [0.05, 0.1) is 12.3 Å². The second kappa shape index (κ2) is 10.4. The first-order chi connectivity index (χ1) is 14.0. The van der Waals surface area contributed by atoms with Crippen LogP contribution < -0.4 is 21.3 Å². The van der Waals surface area contributed by atoms with Crippen molar-refractivity contribution < 1.29 is 14.4 Å². The van der Waals surface area contributed by atoms with Crippen molar-refractivity contribution in [1.82, 2.24) is 16.0 Å². The third kappa shape index (κ3) is 7.19. The molecule has 1 fully saturated rings. The van der Waals surface area contributed by atoms with E-state index < -0.39 is 5.50 Å². The third-order valence-electron chi connectivity index (χ3n) is 4.27. The fraction of sp³-hybridized carbons (Fsp3) is 0.350. The number of hydrogen-bond donors (Lipinski definition) is 4. The number of thiophene rings is 1. The standard InChI is InChI=1S/C20H24N4O3S2/c1-13-4-2-5-14(8-13)22-19(27)12-29-20-23-15(10-18(26)24-20)9-17(25)21-11-16-6-3-7-28-16/h2-8,15,20,23H,9-12H2,1H3,(H,21,25)(H,22,27)(H,24,26). The van der Waals surface area contributed by atoms with Crippen LogP contribution in [-0.2, 0) is 20.9 Å². The zero-order valence-electron chi connectivity index (χ0n) is 16.1. The Bertz CT molecular complexity index is 857. The molecule has 0 bridgehead atoms. The van der Waals surface area contributed by atoms with Crippen LogP contribution in [0.1, 0.15) is 23.3 Å². The quantitative estimate of drug-likeness (QED) is 0.513. The molecular weight excluding hydrogens is 408 g/mol. The molecule has 2 aromatic rings. The Hall–Kier alpha value is -2.36. The SMILES string of the molecule is Cc1cccc(NC(=O)CSC2NC(=O)CC(CC(=O)NCc3cccs3)N2)c1. The molecule has 2 atom stereocenters. The topological polar surface area (TPSA) is 99.3 Å². The summed E-state index contributed by atoms with van der Waals surface area (Å²) in [5, 5.41) is 13.7. The highest BCUT2D eigenvalue weighted by molar-refractivity contribution is 8.00. The van der Waals surface area contributed by atoms with Crippen LogP contribution >= 0.6 is 23.1 Å². The fourth-order valence-corrected chi connectivity index (χ4v) is 4.48. The lowest BCUT2D eigenvalue weighted by atomic mass is 10.1. The van der Waals surface area contributed by atoms with Gasteiger partial charge in [0.1, 0.15) is 5.50 Å². The second-order valence-corrected chi connectivity index (χ2v) is 8.93. The predicted molar refractivity (Wildman–Crippen MR) is 117 cm³/mol. The maximum absolute atomic E-state index is 12.2. The minimum Gasteiger partial charge on any atom is -0.351 e. The molecule has 0 spiro atoms. The molecule has 3 rings (SSSR count). The van der Waals surface area contributed by atoms with Gasteiger partial charge in [-0.15, -0.1) is 23.1 Å². The van der Waals surface area contributed by atoms with Crippen LogP contribution in [-0.4, -0.2) is 35.0 Å². The largest absolute Gasteiger partial charge is 0.351 e. The molecule has 7 nitrogen and oxygen atoms in total. The molecule has 1 saturated heterocycles. The van der Waals surface area contributed by atoms with Crippen molar-refractivity contribution in [3.63, 3.8) is 0 Å². The number of benzene rings is 1. The minimum atomic E-state index is -0.408. The first kappa shape index (κ1) is 21.4. The molecular formula is C20H24N4O3S2. The Kier molecular flexibility index (Phi) is 7.68. The molecule has 2 heterocycles. The maximum Gasteiger partial charge on any atom is 0.234 e. The minimum absolute atomic E-state index is 0.105. The number of hydrogen-bond acceptors (Lipinski definition) is 6. The summed E-state index contributed by atoms with van der Waals surface area (Å²) >= 11 is 2.88. The Morgan fingerprint density at radius 2 is 2.10 bits per heavy atom. The van der Waals surface area contributed by atoms with Crippen LogP contribution in [0.2, 0.25) is 0 Å². The van der Waals surface area contributed by atoms with E-state index in [1.165, 1.54) is 11.8 Å². The van der Waals surface area contributed by atoms with Crippen LogP contribution in [0.15, 0.2) is 41.8 Å². The van der Waals surface area contributed by atoms with Crippen LogP contribution in [0.4, 0.5) is 5.69 Å². The number of nitrogens with one attached hydrogen (secondary N) is 4. The van der Waals surface area contributed by atoms with Gasteiger partial charge in [-0.2, -0.15) is 0 Å². The van der Waals surface area contributed by atoms with E-state index >= 15 is 0 Å². The van der Waals surface area contributed by atoms with Crippen molar-refractivity contribution in [2.75, 3.05) is 11.1 Å². The van der Waals surface area contributed by atoms with E-state index in [9.17, 15) is 14.4 Å². The summed E-state index contributed by atoms with van der Waals surface area (Å²) in [5.74, 6) is -0.196. The van der Waals surface area contributed by atoms with Gasteiger partial charge in [-0.25, -0.2) is 0 Å². The molecule has 29 heavy (non-hydrogen) atoms. The van der Waals surface area contributed by atoms with Crippen LogP contribution in [0, 0.1) is 6.92 Å². The van der Waals surface area contributed by atoms with E-state index in [1.807, 2.05) is 48.7 Å². The molecule has 0 aliphatic carbocycles. The predicted octanol–water partition coefficient (Wildman–Crippen LogP) is 2.20. The smallest absolute Gasteiger partial charge is 0.234 e. The van der Waals surface area contributed by atoms with Gasteiger partial charge in [0.2, 0.25) is 17.7 Å². The van der Waals surface area contributed by atoms with E-state index in [1.54, 1.807) is 11.3 Å². The zero-order valence-corrected chi connectivity index (χ0v) is 17.7. The molecule has 1 aromatic carbocycles. The molecule has 9 heteroatoms. The third-order valence-corrected chi connectivity index (χ3v) is 6.16. The zero-order chi connectivity index (χ0) is 20.6. The molecule has 154 valence electrons. The second-order valence-electron chi connectivity index (χ2n) is 6.80. The Morgan fingerprint density at radius 1 is 1.24 bits per heavy atom. The lowest BCUT2D eigenvalue weighted by Gasteiger charge is -2.30. The number of rotatable bonds is 8. The van der Waals surface area contributed by atoms with Crippen molar-refractivity contribution >= 4 is 46.5 Å². The van der Waals surface area contributed by atoms with Gasteiger partial charge in [-0.3, -0.25) is 19.7 Å². The first-order valence-electron chi connectivity index (χ1n) is 9.30. The number of carbonyl (C=O) groups is 3. The Balaban J connectivity index is 1.42. The van der Waals surface area contributed by atoms with Gasteiger partial charge >= 0.3 is 0 Å². The van der Waals surface area contributed by atoms with E-state index in [2.05, 4.69) is 21.3 Å². The number of thioether (sulfide) groups is 1. The summed E-state index contributed by atoms with van der Waals surface area (Å²) in [5.41, 5.74) is 1.41. The average molecular weight is 433 g/mol. The normalized spacial score (nSPS) is 18.7. The summed E-state index contributed by atoms with van der Waals surface area (Å²) in [7, 11) is 0. The van der Waals surface area contributed by atoms with E-state index in [0.717, 1.165) is 16.1 Å². The number of aryl methyl sites for hydroxylation is 1. The Morgan fingerprint density at radius 3 is 2.86 bits per heavy atom. The molecule has 1 aliphatic rings. The molecule has 1 aromatic heterocycles. The molecule has 4 N–H and O–H groups in total. The lowest BCUT2D eigenvalue weighted by Crippen LogP contribution is -2.56. The van der Waals surface area contributed by atoms with Crippen molar-refractivity contribution in [3.05, 3.63) is 52.2 Å². The molecule has 0 radical (unpaired) electrons. The highest BCUT2D eigenvalue weighted by atomic mass is 32.2. The van der Waals surface area contributed by atoms with E-state index in [0.29, 0.717) is 6.54 Å². The molecule has 3 amide bonds. The van der Waals surface area contributed by atoms with Gasteiger partial charge in [0.15, 0.2) is 0 Å². The summed E-state index contributed by atoms with van der Waals surface area (Å²) in [6.07, 6.45) is 0.449. The summed E-state index contributed by atoms with van der Waals surface area (Å²) < 4.78 is 0. The van der Waals surface area contributed by atoms with Crippen molar-refractivity contribution in [1.29, 1.82) is 0 Å². The summed E-state index contributed by atoms with van der Waals surface area (Å²) in [4.78, 5) is 37.4. The van der Waals surface area contributed by atoms with Crippen LogP contribution in [0.5, 0.6) is 0 Å². The van der Waals surface area contributed by atoms with Gasteiger partial charge in [0.25, 0.3) is 0 Å². The number of amides is 3. The van der Waals surface area contributed by atoms with E-state index in [4.69, 9.17) is 0 Å². The molecule has 2 unspecified atom stereocenters. The van der Waals surface area contributed by atoms with Crippen LogP contribution in [0.3, 0.4) is 0 Å². The average Bonchev–Trinajstić information content (AvgIpc) is 3.18. The van der Waals surface area contributed by atoms with Gasteiger partial charge < -0.3 is 16.0 Å². The maximum atomic E-state index is 12.2. The monoisotopic (exact) mass is 432 g/mol. The fourth-order valence-electron chi connectivity index (χ4n) is 2.94. The van der Waals surface area contributed by atoms with Crippen molar-refractivity contribution in [2.45, 2.75) is 37.8 Å². The summed E-state index contributed by atoms with van der Waals surface area (Å²) in [6, 6.07) is 11.2.